The summed E-state index contributed by atoms with van der Waals surface area (Å²) in [7, 11) is 3.83. The van der Waals surface area contributed by atoms with Crippen molar-refractivity contribution < 1.29 is 14.6 Å². The van der Waals surface area contributed by atoms with E-state index < -0.39 is 0 Å². The molecule has 1 unspecified atom stereocenters. The Morgan fingerprint density at radius 2 is 2.07 bits per heavy atom. The lowest BCUT2D eigenvalue weighted by molar-refractivity contribution is -0.137. The first kappa shape index (κ1) is 19.5. The molecule has 1 amide bonds. The van der Waals surface area contributed by atoms with E-state index in [4.69, 9.17) is 16.3 Å². The number of aromatic hydroxyl groups is 1. The number of nitrogens with zero attached hydrogens (tertiary/aromatic N) is 2. The van der Waals surface area contributed by atoms with Gasteiger partial charge in [0.2, 0.25) is 5.91 Å². The SMILES string of the molecule is CCC(C(=O)N1CCOc2c(O)cc(-c3cccc(Cl)c3)cc2C1)N(C)C. The Hall–Kier alpha value is -2.24. The minimum Gasteiger partial charge on any atom is -0.504 e. The quantitative estimate of drug-likeness (QED) is 0.866. The highest BCUT2D eigenvalue weighted by Crippen LogP contribution is 2.38. The Balaban J connectivity index is 1.95. The molecule has 1 aliphatic heterocycles. The lowest BCUT2D eigenvalue weighted by Crippen LogP contribution is -2.46. The van der Waals surface area contributed by atoms with E-state index in [1.54, 1.807) is 11.0 Å². The van der Waals surface area contributed by atoms with Gasteiger partial charge in [-0.1, -0.05) is 30.7 Å². The number of hydrogen-bond acceptors (Lipinski definition) is 4. The predicted octanol–water partition coefficient (Wildman–Crippen LogP) is 3.77. The molecule has 3 rings (SSSR count). The molecule has 5 nitrogen and oxygen atoms in total. The summed E-state index contributed by atoms with van der Waals surface area (Å²) in [6.07, 6.45) is 0.740. The van der Waals surface area contributed by atoms with Gasteiger partial charge >= 0.3 is 0 Å². The van der Waals surface area contributed by atoms with E-state index in [-0.39, 0.29) is 17.7 Å². The second kappa shape index (κ2) is 8.19. The van der Waals surface area contributed by atoms with E-state index in [1.807, 2.05) is 56.3 Å². The maximum Gasteiger partial charge on any atom is 0.240 e. The third-order valence-corrected chi connectivity index (χ3v) is 5.11. The van der Waals surface area contributed by atoms with E-state index >= 15 is 0 Å². The van der Waals surface area contributed by atoms with E-state index in [0.717, 1.165) is 23.1 Å². The van der Waals surface area contributed by atoms with Crippen molar-refractivity contribution >= 4 is 17.5 Å². The summed E-state index contributed by atoms with van der Waals surface area (Å²) in [6.45, 7) is 3.25. The Labute approximate surface area is 165 Å². The molecule has 0 saturated carbocycles. The first-order valence-electron chi connectivity index (χ1n) is 9.10. The van der Waals surface area contributed by atoms with Gasteiger partial charge in [0.05, 0.1) is 12.6 Å². The lowest BCUT2D eigenvalue weighted by Gasteiger charge is -2.29. The first-order valence-corrected chi connectivity index (χ1v) is 9.48. The number of carbonyl (C=O) groups excluding carboxylic acids is 1. The van der Waals surface area contributed by atoms with Crippen LogP contribution in [0.2, 0.25) is 5.02 Å². The van der Waals surface area contributed by atoms with E-state index in [0.29, 0.717) is 30.5 Å². The zero-order chi connectivity index (χ0) is 19.6. The summed E-state index contributed by atoms with van der Waals surface area (Å²) in [4.78, 5) is 16.7. The zero-order valence-electron chi connectivity index (χ0n) is 15.9. The molecule has 144 valence electrons. The Morgan fingerprint density at radius 1 is 1.30 bits per heavy atom. The molecular weight excluding hydrogens is 364 g/mol. The minimum atomic E-state index is -0.170. The number of amides is 1. The molecule has 0 aliphatic carbocycles. The van der Waals surface area contributed by atoms with Crippen molar-refractivity contribution in [1.29, 1.82) is 0 Å². The van der Waals surface area contributed by atoms with E-state index in [1.165, 1.54) is 0 Å². The molecule has 0 bridgehead atoms. The van der Waals surface area contributed by atoms with Gasteiger partial charge in [-0.05, 0) is 55.9 Å². The largest absolute Gasteiger partial charge is 0.504 e. The fourth-order valence-electron chi connectivity index (χ4n) is 3.49. The molecule has 0 radical (unpaired) electrons. The number of carbonyl (C=O) groups is 1. The van der Waals surface area contributed by atoms with Gasteiger partial charge in [0, 0.05) is 17.1 Å². The van der Waals surface area contributed by atoms with Crippen molar-refractivity contribution in [3.8, 4) is 22.6 Å². The molecular formula is C21H25ClN2O3. The van der Waals surface area contributed by atoms with Crippen LogP contribution in [0, 0.1) is 0 Å². The number of ether oxygens (including phenoxy) is 1. The lowest BCUT2D eigenvalue weighted by atomic mass is 10.0. The number of benzene rings is 2. The van der Waals surface area contributed by atoms with Crippen molar-refractivity contribution in [2.24, 2.45) is 0 Å². The standard InChI is InChI=1S/C21H25ClN2O3/c1-4-18(23(2)3)21(26)24-8-9-27-20-16(13-24)10-15(12-19(20)25)14-6-5-7-17(22)11-14/h5-7,10-12,18,25H,4,8-9,13H2,1-3H3. The molecule has 2 aromatic rings. The van der Waals surface area contributed by atoms with E-state index in [9.17, 15) is 9.90 Å². The molecule has 1 aliphatic rings. The number of likely N-dealkylation sites (N-methyl/N-ethyl adjacent to an activating group) is 1. The topological polar surface area (TPSA) is 53.0 Å². The van der Waals surface area contributed by atoms with Crippen LogP contribution in [0.15, 0.2) is 36.4 Å². The average molecular weight is 389 g/mol. The number of fused-ring (bicyclic) bond motifs is 1. The molecule has 27 heavy (non-hydrogen) atoms. The molecule has 0 fully saturated rings. The van der Waals surface area contributed by atoms with Crippen molar-refractivity contribution in [2.75, 3.05) is 27.2 Å². The summed E-state index contributed by atoms with van der Waals surface area (Å²) in [5.74, 6) is 0.608. The van der Waals surface area contributed by atoms with Gasteiger partial charge in [0.25, 0.3) is 0 Å². The summed E-state index contributed by atoms with van der Waals surface area (Å²) in [6, 6.07) is 10.9. The molecule has 1 heterocycles. The fourth-order valence-corrected chi connectivity index (χ4v) is 3.68. The fraction of sp³-hybridized carbons (Fsp3) is 0.381. The minimum absolute atomic E-state index is 0.0756. The smallest absolute Gasteiger partial charge is 0.240 e. The number of rotatable bonds is 4. The maximum absolute atomic E-state index is 13.0. The predicted molar refractivity (Wildman–Crippen MR) is 107 cm³/mol. The number of hydrogen-bond donors (Lipinski definition) is 1. The van der Waals surface area contributed by atoms with Crippen molar-refractivity contribution in [3.63, 3.8) is 0 Å². The van der Waals surface area contributed by atoms with Crippen molar-refractivity contribution in [1.82, 2.24) is 9.80 Å². The molecule has 1 N–H and O–H groups in total. The molecule has 6 heteroatoms. The normalized spacial score (nSPS) is 15.1. The Kier molecular flexibility index (Phi) is 5.92. The summed E-state index contributed by atoms with van der Waals surface area (Å²) in [5, 5.41) is 11.1. The summed E-state index contributed by atoms with van der Waals surface area (Å²) < 4.78 is 5.76. The highest BCUT2D eigenvalue weighted by Gasteiger charge is 2.28. The Bertz CT molecular complexity index is 838. The van der Waals surface area contributed by atoms with Crippen LogP contribution in [-0.4, -0.2) is 54.1 Å². The van der Waals surface area contributed by atoms with Gasteiger partial charge in [-0.15, -0.1) is 0 Å². The van der Waals surface area contributed by atoms with Crippen LogP contribution in [0.4, 0.5) is 0 Å². The monoisotopic (exact) mass is 388 g/mol. The molecule has 2 aromatic carbocycles. The third kappa shape index (κ3) is 4.20. The average Bonchev–Trinajstić information content (AvgIpc) is 2.84. The van der Waals surface area contributed by atoms with Crippen molar-refractivity contribution in [3.05, 3.63) is 47.0 Å². The summed E-state index contributed by atoms with van der Waals surface area (Å²) in [5.41, 5.74) is 2.54. The number of phenolic OH excluding ortho intramolecular Hbond substituents is 1. The van der Waals surface area contributed by atoms with Gasteiger partial charge in [-0.2, -0.15) is 0 Å². The third-order valence-electron chi connectivity index (χ3n) is 4.88. The molecule has 0 saturated heterocycles. The van der Waals surface area contributed by atoms with Crippen molar-refractivity contribution in [2.45, 2.75) is 25.9 Å². The number of halogens is 1. The molecule has 0 spiro atoms. The zero-order valence-corrected chi connectivity index (χ0v) is 16.7. The van der Waals surface area contributed by atoms with Crippen LogP contribution in [0.5, 0.6) is 11.5 Å². The van der Waals surface area contributed by atoms with Crippen LogP contribution < -0.4 is 4.74 Å². The van der Waals surface area contributed by atoms with Crippen LogP contribution in [-0.2, 0) is 11.3 Å². The molecule has 1 atom stereocenters. The molecule has 0 aromatic heterocycles. The second-order valence-electron chi connectivity index (χ2n) is 6.99. The van der Waals surface area contributed by atoms with Crippen LogP contribution >= 0.6 is 11.6 Å². The first-order chi connectivity index (χ1) is 12.9. The highest BCUT2D eigenvalue weighted by molar-refractivity contribution is 6.30. The van der Waals surface area contributed by atoms with E-state index in [2.05, 4.69) is 0 Å². The van der Waals surface area contributed by atoms with Gasteiger partial charge < -0.3 is 14.7 Å². The highest BCUT2D eigenvalue weighted by atomic mass is 35.5. The van der Waals surface area contributed by atoms with Crippen LogP contribution in [0.1, 0.15) is 18.9 Å². The van der Waals surface area contributed by atoms with Gasteiger partial charge in [-0.25, -0.2) is 0 Å². The van der Waals surface area contributed by atoms with Gasteiger partial charge in [-0.3, -0.25) is 9.69 Å². The Morgan fingerprint density at radius 3 is 2.74 bits per heavy atom. The van der Waals surface area contributed by atoms with Gasteiger partial charge in [0.15, 0.2) is 11.5 Å². The van der Waals surface area contributed by atoms with Crippen LogP contribution in [0.3, 0.4) is 0 Å². The summed E-state index contributed by atoms with van der Waals surface area (Å²) >= 11 is 6.10. The van der Waals surface area contributed by atoms with Gasteiger partial charge in [0.1, 0.15) is 6.61 Å². The second-order valence-corrected chi connectivity index (χ2v) is 7.43. The maximum atomic E-state index is 13.0. The number of phenols is 1. The van der Waals surface area contributed by atoms with Crippen LogP contribution in [0.25, 0.3) is 11.1 Å².